The number of hydrogen-bond donors (Lipinski definition) is 2. The van der Waals surface area contributed by atoms with Gasteiger partial charge in [0.05, 0.1) is 11.6 Å². The van der Waals surface area contributed by atoms with E-state index < -0.39 is 12.1 Å². The Bertz CT molecular complexity index is 917. The molecule has 0 aliphatic carbocycles. The van der Waals surface area contributed by atoms with Crippen molar-refractivity contribution in [3.63, 3.8) is 0 Å². The summed E-state index contributed by atoms with van der Waals surface area (Å²) in [6.07, 6.45) is 0. The number of amides is 4. The summed E-state index contributed by atoms with van der Waals surface area (Å²) in [5, 5.41) is 14.2. The van der Waals surface area contributed by atoms with Crippen molar-refractivity contribution in [1.29, 1.82) is 5.26 Å². The molecule has 7 nitrogen and oxygen atoms in total. The van der Waals surface area contributed by atoms with Crippen LogP contribution in [0.2, 0.25) is 0 Å². The van der Waals surface area contributed by atoms with E-state index in [2.05, 4.69) is 10.6 Å². The summed E-state index contributed by atoms with van der Waals surface area (Å²) in [4.78, 5) is 37.0. The second kappa shape index (κ2) is 6.45. The van der Waals surface area contributed by atoms with Gasteiger partial charge >= 0.3 is 6.03 Å². The molecule has 0 bridgehead atoms. The Morgan fingerprint density at radius 3 is 2.64 bits per heavy atom. The predicted molar refractivity (Wildman–Crippen MR) is 89.6 cm³/mol. The highest BCUT2D eigenvalue weighted by Crippen LogP contribution is 2.23. The van der Waals surface area contributed by atoms with Gasteiger partial charge in [-0.15, -0.1) is 0 Å². The molecule has 124 valence electrons. The second-order valence-corrected chi connectivity index (χ2v) is 5.55. The lowest BCUT2D eigenvalue weighted by Gasteiger charge is -2.11. The van der Waals surface area contributed by atoms with Gasteiger partial charge in [0, 0.05) is 18.3 Å². The molecule has 2 N–H and O–H groups in total. The van der Waals surface area contributed by atoms with Gasteiger partial charge in [-0.2, -0.15) is 5.26 Å². The SMILES string of the molecule is CN1C(=O)NC(c2cccc(NC(=O)c3cccc(C#N)c3)c2)C1=O. The summed E-state index contributed by atoms with van der Waals surface area (Å²) in [5.41, 5.74) is 1.81. The Kier molecular flexibility index (Phi) is 4.18. The zero-order valence-electron chi connectivity index (χ0n) is 13.3. The van der Waals surface area contributed by atoms with E-state index in [0.717, 1.165) is 4.90 Å². The molecule has 1 aliphatic rings. The number of urea groups is 1. The molecular formula is C18H14N4O3. The highest BCUT2D eigenvalue weighted by molar-refractivity contribution is 6.05. The number of imide groups is 1. The summed E-state index contributed by atoms with van der Waals surface area (Å²) in [6, 6.07) is 13.8. The van der Waals surface area contributed by atoms with Crippen molar-refractivity contribution in [2.24, 2.45) is 0 Å². The van der Waals surface area contributed by atoms with Crippen molar-refractivity contribution in [2.75, 3.05) is 12.4 Å². The molecule has 1 saturated heterocycles. The number of nitrogens with zero attached hydrogens (tertiary/aromatic N) is 2. The third kappa shape index (κ3) is 3.19. The largest absolute Gasteiger partial charge is 0.324 e. The number of nitriles is 1. The van der Waals surface area contributed by atoms with Crippen LogP contribution in [-0.2, 0) is 4.79 Å². The molecule has 1 aliphatic heterocycles. The van der Waals surface area contributed by atoms with E-state index in [4.69, 9.17) is 5.26 Å². The van der Waals surface area contributed by atoms with Crippen molar-refractivity contribution in [2.45, 2.75) is 6.04 Å². The van der Waals surface area contributed by atoms with Crippen LogP contribution in [0.1, 0.15) is 27.5 Å². The monoisotopic (exact) mass is 334 g/mol. The maximum absolute atomic E-state index is 12.3. The van der Waals surface area contributed by atoms with E-state index in [1.165, 1.54) is 13.1 Å². The van der Waals surface area contributed by atoms with Gasteiger partial charge in [-0.05, 0) is 35.9 Å². The van der Waals surface area contributed by atoms with Crippen molar-refractivity contribution in [3.8, 4) is 6.07 Å². The molecule has 3 rings (SSSR count). The lowest BCUT2D eigenvalue weighted by molar-refractivity contribution is -0.126. The highest BCUT2D eigenvalue weighted by atomic mass is 16.2. The zero-order valence-corrected chi connectivity index (χ0v) is 13.3. The maximum atomic E-state index is 12.3. The Labute approximate surface area is 143 Å². The number of carbonyl (C=O) groups is 3. The Balaban J connectivity index is 1.80. The van der Waals surface area contributed by atoms with Crippen LogP contribution in [-0.4, -0.2) is 29.8 Å². The fraction of sp³-hybridized carbons (Fsp3) is 0.111. The lowest BCUT2D eigenvalue weighted by atomic mass is 10.1. The van der Waals surface area contributed by atoms with Gasteiger partial charge in [-0.3, -0.25) is 14.5 Å². The lowest BCUT2D eigenvalue weighted by Crippen LogP contribution is -2.25. The maximum Gasteiger partial charge on any atom is 0.324 e. The first-order chi connectivity index (χ1) is 12.0. The number of anilines is 1. The van der Waals surface area contributed by atoms with E-state index in [0.29, 0.717) is 22.4 Å². The summed E-state index contributed by atoms with van der Waals surface area (Å²) >= 11 is 0. The average Bonchev–Trinajstić information content (AvgIpc) is 2.89. The van der Waals surface area contributed by atoms with Crippen LogP contribution in [0.4, 0.5) is 10.5 Å². The van der Waals surface area contributed by atoms with Crippen LogP contribution < -0.4 is 10.6 Å². The van der Waals surface area contributed by atoms with E-state index in [9.17, 15) is 14.4 Å². The van der Waals surface area contributed by atoms with E-state index in [1.54, 1.807) is 42.5 Å². The molecule has 0 spiro atoms. The van der Waals surface area contributed by atoms with Crippen LogP contribution in [0.15, 0.2) is 48.5 Å². The summed E-state index contributed by atoms with van der Waals surface area (Å²) in [5.74, 6) is -0.719. The van der Waals surface area contributed by atoms with Crippen LogP contribution in [0.25, 0.3) is 0 Å². The molecule has 1 heterocycles. The third-order valence-corrected chi connectivity index (χ3v) is 3.88. The molecule has 0 saturated carbocycles. The first kappa shape index (κ1) is 16.2. The molecule has 1 fully saturated rings. The van der Waals surface area contributed by atoms with Crippen molar-refractivity contribution >= 4 is 23.5 Å². The molecule has 1 atom stereocenters. The minimum atomic E-state index is -0.767. The van der Waals surface area contributed by atoms with E-state index in [-0.39, 0.29) is 11.8 Å². The molecule has 2 aromatic carbocycles. The van der Waals surface area contributed by atoms with E-state index >= 15 is 0 Å². The fourth-order valence-electron chi connectivity index (χ4n) is 2.53. The topological polar surface area (TPSA) is 102 Å². The van der Waals surface area contributed by atoms with Crippen LogP contribution in [0.5, 0.6) is 0 Å². The summed E-state index contributed by atoms with van der Waals surface area (Å²) in [6.45, 7) is 0. The number of hydrogen-bond acceptors (Lipinski definition) is 4. The van der Waals surface area contributed by atoms with Gasteiger partial charge in [0.1, 0.15) is 6.04 Å². The summed E-state index contributed by atoms with van der Waals surface area (Å²) < 4.78 is 0. The summed E-state index contributed by atoms with van der Waals surface area (Å²) in [7, 11) is 1.41. The van der Waals surface area contributed by atoms with Gasteiger partial charge in [0.15, 0.2) is 0 Å². The molecule has 0 radical (unpaired) electrons. The second-order valence-electron chi connectivity index (χ2n) is 5.55. The molecule has 4 amide bonds. The van der Waals surface area contributed by atoms with Gasteiger partial charge in [-0.1, -0.05) is 18.2 Å². The van der Waals surface area contributed by atoms with Gasteiger partial charge < -0.3 is 10.6 Å². The smallest absolute Gasteiger partial charge is 0.322 e. The Morgan fingerprint density at radius 1 is 1.20 bits per heavy atom. The van der Waals surface area contributed by atoms with Gasteiger partial charge in [0.25, 0.3) is 11.8 Å². The van der Waals surface area contributed by atoms with Crippen molar-refractivity contribution in [3.05, 3.63) is 65.2 Å². The minimum absolute atomic E-state index is 0.352. The van der Waals surface area contributed by atoms with Gasteiger partial charge in [0.2, 0.25) is 0 Å². The number of carbonyl (C=O) groups excluding carboxylic acids is 3. The number of rotatable bonds is 3. The van der Waals surface area contributed by atoms with Crippen LogP contribution in [0, 0.1) is 11.3 Å². The van der Waals surface area contributed by atoms with Crippen LogP contribution >= 0.6 is 0 Å². The molecule has 7 heteroatoms. The Hall–Kier alpha value is -3.66. The third-order valence-electron chi connectivity index (χ3n) is 3.88. The fourth-order valence-corrected chi connectivity index (χ4v) is 2.53. The molecule has 0 aromatic heterocycles. The normalized spacial score (nSPS) is 16.3. The number of nitrogens with one attached hydrogen (secondary N) is 2. The number of benzene rings is 2. The predicted octanol–water partition coefficient (Wildman–Crippen LogP) is 2.03. The Morgan fingerprint density at radius 2 is 1.96 bits per heavy atom. The molecule has 2 aromatic rings. The van der Waals surface area contributed by atoms with Crippen molar-refractivity contribution < 1.29 is 14.4 Å². The average molecular weight is 334 g/mol. The highest BCUT2D eigenvalue weighted by Gasteiger charge is 2.36. The van der Waals surface area contributed by atoms with Gasteiger partial charge in [-0.25, -0.2) is 4.79 Å². The molecule has 1 unspecified atom stereocenters. The molecule has 25 heavy (non-hydrogen) atoms. The molecular weight excluding hydrogens is 320 g/mol. The minimum Gasteiger partial charge on any atom is -0.322 e. The zero-order chi connectivity index (χ0) is 18.0. The van der Waals surface area contributed by atoms with Crippen molar-refractivity contribution in [1.82, 2.24) is 10.2 Å². The quantitative estimate of drug-likeness (QED) is 0.838. The first-order valence-corrected chi connectivity index (χ1v) is 7.49. The standard InChI is InChI=1S/C18H14N4O3/c1-22-17(24)15(21-18(22)25)12-5-3-7-14(9-12)20-16(23)13-6-2-4-11(8-13)10-19/h2-9,15H,1H3,(H,20,23)(H,21,25). The van der Waals surface area contributed by atoms with E-state index in [1.807, 2.05) is 6.07 Å². The number of likely N-dealkylation sites (N-methyl/N-ethyl adjacent to an activating group) is 1. The first-order valence-electron chi connectivity index (χ1n) is 7.49. The van der Waals surface area contributed by atoms with Crippen LogP contribution in [0.3, 0.4) is 0 Å².